The second kappa shape index (κ2) is 5.21. The van der Waals surface area contributed by atoms with Gasteiger partial charge < -0.3 is 0 Å². The molecule has 0 bridgehead atoms. The van der Waals surface area contributed by atoms with Crippen LogP contribution in [0.25, 0.3) is 0 Å². The number of thiophene rings is 1. The molecule has 0 nitrogen and oxygen atoms in total. The number of aryl methyl sites for hydroxylation is 1. The smallest absolute Gasteiger partial charge is 0.0939 e. The van der Waals surface area contributed by atoms with Crippen molar-refractivity contribution in [1.29, 1.82) is 0 Å². The number of halogens is 3. The first-order valence-electron chi connectivity index (χ1n) is 4.73. The molecule has 1 atom stereocenters. The Morgan fingerprint density at radius 2 is 1.94 bits per heavy atom. The molecule has 1 aromatic carbocycles. The Hall–Kier alpha value is 0.170. The van der Waals surface area contributed by atoms with Gasteiger partial charge in [-0.25, -0.2) is 0 Å². The van der Waals surface area contributed by atoms with Crippen LogP contribution in [0.4, 0.5) is 0 Å². The van der Waals surface area contributed by atoms with E-state index in [4.69, 9.17) is 11.6 Å². The van der Waals surface area contributed by atoms with Crippen molar-refractivity contribution in [3.8, 4) is 0 Å². The lowest BCUT2D eigenvalue weighted by molar-refractivity contribution is 1.16. The monoisotopic (exact) mass is 378 g/mol. The zero-order chi connectivity index (χ0) is 11.7. The average Bonchev–Trinajstić information content (AvgIpc) is 2.67. The van der Waals surface area contributed by atoms with Gasteiger partial charge in [-0.05, 0) is 46.6 Å². The molecular formula is C12H9Br2ClS. The Morgan fingerprint density at radius 3 is 2.56 bits per heavy atom. The third kappa shape index (κ3) is 2.70. The van der Waals surface area contributed by atoms with Crippen molar-refractivity contribution >= 4 is 54.8 Å². The molecule has 0 aliphatic rings. The molecule has 84 valence electrons. The molecule has 16 heavy (non-hydrogen) atoms. The quantitative estimate of drug-likeness (QED) is 0.568. The highest BCUT2D eigenvalue weighted by Crippen LogP contribution is 2.38. The summed E-state index contributed by atoms with van der Waals surface area (Å²) in [5, 5.41) is -0.0921. The molecule has 0 fully saturated rings. The summed E-state index contributed by atoms with van der Waals surface area (Å²) in [6.07, 6.45) is 0. The molecule has 2 rings (SSSR count). The predicted octanol–water partition coefficient (Wildman–Crippen LogP) is 5.91. The van der Waals surface area contributed by atoms with Crippen LogP contribution in [0.5, 0.6) is 0 Å². The second-order valence-electron chi connectivity index (χ2n) is 3.53. The van der Waals surface area contributed by atoms with E-state index in [1.807, 2.05) is 12.1 Å². The van der Waals surface area contributed by atoms with Gasteiger partial charge in [0.15, 0.2) is 0 Å². The molecule has 0 radical (unpaired) electrons. The lowest BCUT2D eigenvalue weighted by Crippen LogP contribution is -1.92. The van der Waals surface area contributed by atoms with E-state index in [1.54, 1.807) is 11.3 Å². The fourth-order valence-electron chi connectivity index (χ4n) is 1.48. The number of alkyl halides is 1. The van der Waals surface area contributed by atoms with E-state index in [-0.39, 0.29) is 5.38 Å². The summed E-state index contributed by atoms with van der Waals surface area (Å²) in [6.45, 7) is 2.07. The van der Waals surface area contributed by atoms with Gasteiger partial charge in [-0.15, -0.1) is 22.9 Å². The Bertz CT molecular complexity index is 507. The van der Waals surface area contributed by atoms with Crippen LogP contribution in [-0.2, 0) is 0 Å². The van der Waals surface area contributed by atoms with Gasteiger partial charge in [-0.2, -0.15) is 0 Å². The third-order valence-electron chi connectivity index (χ3n) is 2.27. The molecule has 0 N–H and O–H groups in total. The summed E-state index contributed by atoms with van der Waals surface area (Å²) in [4.78, 5) is 1.15. The van der Waals surface area contributed by atoms with Gasteiger partial charge in [-0.3, -0.25) is 0 Å². The minimum absolute atomic E-state index is 0.0921. The van der Waals surface area contributed by atoms with Crippen LogP contribution < -0.4 is 0 Å². The zero-order valence-electron chi connectivity index (χ0n) is 8.51. The summed E-state index contributed by atoms with van der Waals surface area (Å²) < 4.78 is 2.17. The van der Waals surface area contributed by atoms with Gasteiger partial charge in [0.1, 0.15) is 0 Å². The molecule has 1 heterocycles. The molecule has 1 aromatic heterocycles. The minimum atomic E-state index is -0.0921. The van der Waals surface area contributed by atoms with Crippen molar-refractivity contribution in [2.45, 2.75) is 12.3 Å². The van der Waals surface area contributed by atoms with E-state index in [9.17, 15) is 0 Å². The number of rotatable bonds is 2. The highest BCUT2D eigenvalue weighted by atomic mass is 79.9. The van der Waals surface area contributed by atoms with E-state index < -0.39 is 0 Å². The number of hydrogen-bond donors (Lipinski definition) is 0. The Morgan fingerprint density at radius 1 is 1.19 bits per heavy atom. The molecule has 0 saturated heterocycles. The maximum absolute atomic E-state index is 6.48. The average molecular weight is 381 g/mol. The van der Waals surface area contributed by atoms with Crippen molar-refractivity contribution in [3.63, 3.8) is 0 Å². The van der Waals surface area contributed by atoms with Crippen LogP contribution in [0.1, 0.15) is 21.4 Å². The fraction of sp³-hybridized carbons (Fsp3) is 0.167. The van der Waals surface area contributed by atoms with Gasteiger partial charge in [0.05, 0.1) is 9.16 Å². The van der Waals surface area contributed by atoms with Crippen LogP contribution in [0.2, 0.25) is 0 Å². The summed E-state index contributed by atoms with van der Waals surface area (Å²) >= 11 is 15.1. The standard InChI is InChI=1S/C12H9Br2ClS/c1-7-2-3-9(13)8(6-7)12(15)10-4-5-11(14)16-10/h2-6,12H,1H3. The predicted molar refractivity (Wildman–Crippen MR) is 78.6 cm³/mol. The van der Waals surface area contributed by atoms with E-state index in [0.717, 1.165) is 18.7 Å². The first-order valence-corrected chi connectivity index (χ1v) is 7.57. The zero-order valence-corrected chi connectivity index (χ0v) is 13.3. The molecule has 0 aliphatic carbocycles. The van der Waals surface area contributed by atoms with E-state index in [1.165, 1.54) is 5.56 Å². The molecule has 0 saturated carbocycles. The van der Waals surface area contributed by atoms with Crippen LogP contribution in [-0.4, -0.2) is 0 Å². The van der Waals surface area contributed by atoms with Crippen LogP contribution >= 0.6 is 54.8 Å². The Labute approximate surface area is 121 Å². The second-order valence-corrected chi connectivity index (χ2v) is 7.31. The minimum Gasteiger partial charge on any atom is -0.131 e. The molecule has 1 unspecified atom stereocenters. The van der Waals surface area contributed by atoms with Gasteiger partial charge in [0, 0.05) is 9.35 Å². The van der Waals surface area contributed by atoms with Gasteiger partial charge >= 0.3 is 0 Å². The summed E-state index contributed by atoms with van der Waals surface area (Å²) in [7, 11) is 0. The number of hydrogen-bond acceptors (Lipinski definition) is 1. The highest BCUT2D eigenvalue weighted by Gasteiger charge is 2.15. The molecule has 4 heteroatoms. The van der Waals surface area contributed by atoms with Crippen molar-refractivity contribution in [1.82, 2.24) is 0 Å². The van der Waals surface area contributed by atoms with Crippen molar-refractivity contribution in [2.24, 2.45) is 0 Å². The van der Waals surface area contributed by atoms with Gasteiger partial charge in [0.25, 0.3) is 0 Å². The topological polar surface area (TPSA) is 0 Å². The SMILES string of the molecule is Cc1ccc(Br)c(C(Cl)c2ccc(Br)s2)c1. The van der Waals surface area contributed by atoms with Gasteiger partial charge in [-0.1, -0.05) is 33.6 Å². The Balaban J connectivity index is 2.40. The molecule has 0 aliphatic heterocycles. The summed E-state index contributed by atoms with van der Waals surface area (Å²) in [5.41, 5.74) is 2.34. The van der Waals surface area contributed by atoms with Crippen molar-refractivity contribution < 1.29 is 0 Å². The molecule has 0 spiro atoms. The normalized spacial score (nSPS) is 12.8. The van der Waals surface area contributed by atoms with Crippen molar-refractivity contribution in [2.75, 3.05) is 0 Å². The Kier molecular flexibility index (Phi) is 4.11. The fourth-order valence-corrected chi connectivity index (χ4v) is 3.89. The number of benzene rings is 1. The van der Waals surface area contributed by atoms with Gasteiger partial charge in [0.2, 0.25) is 0 Å². The highest BCUT2D eigenvalue weighted by molar-refractivity contribution is 9.11. The molecule has 0 amide bonds. The first-order chi connectivity index (χ1) is 7.58. The molecule has 2 aromatic rings. The largest absolute Gasteiger partial charge is 0.131 e. The lowest BCUT2D eigenvalue weighted by Gasteiger charge is -2.11. The van der Waals surface area contributed by atoms with E-state index >= 15 is 0 Å². The maximum atomic E-state index is 6.48. The summed E-state index contributed by atoms with van der Waals surface area (Å²) in [6, 6.07) is 10.3. The first kappa shape index (κ1) is 12.6. The summed E-state index contributed by atoms with van der Waals surface area (Å²) in [5.74, 6) is 0. The van der Waals surface area contributed by atoms with E-state index in [0.29, 0.717) is 0 Å². The van der Waals surface area contributed by atoms with Crippen LogP contribution in [0, 0.1) is 6.92 Å². The van der Waals surface area contributed by atoms with Crippen molar-refractivity contribution in [3.05, 3.63) is 54.6 Å². The molecular weight excluding hydrogens is 371 g/mol. The van der Waals surface area contributed by atoms with Crippen LogP contribution in [0.15, 0.2) is 38.6 Å². The van der Waals surface area contributed by atoms with E-state index in [2.05, 4.69) is 57.0 Å². The lowest BCUT2D eigenvalue weighted by atomic mass is 10.1. The van der Waals surface area contributed by atoms with Crippen LogP contribution in [0.3, 0.4) is 0 Å². The third-order valence-corrected chi connectivity index (χ3v) is 5.28. The maximum Gasteiger partial charge on any atom is 0.0939 e.